The van der Waals surface area contributed by atoms with Crippen molar-refractivity contribution in [3.05, 3.63) is 0 Å². The minimum absolute atomic E-state index is 0.000610. The van der Waals surface area contributed by atoms with Crippen molar-refractivity contribution < 1.29 is 92.1 Å². The van der Waals surface area contributed by atoms with Crippen LogP contribution in [-0.4, -0.2) is 176 Å². The van der Waals surface area contributed by atoms with Gasteiger partial charge in [0.25, 0.3) is 0 Å². The first kappa shape index (κ1) is 74.6. The van der Waals surface area contributed by atoms with E-state index in [0.717, 1.165) is 51.4 Å². The van der Waals surface area contributed by atoms with Gasteiger partial charge in [0.2, 0.25) is 23.6 Å². The normalized spacial score (nSPS) is 12.6. The van der Waals surface area contributed by atoms with E-state index < -0.39 is 72.5 Å². The third-order valence-corrected chi connectivity index (χ3v) is 13.0. The Labute approximate surface area is 472 Å². The van der Waals surface area contributed by atoms with Gasteiger partial charge in [0.15, 0.2) is 0 Å². The molecule has 460 valence electrons. The van der Waals surface area contributed by atoms with Gasteiger partial charge in [-0.3, -0.25) is 43.2 Å². The van der Waals surface area contributed by atoms with Crippen molar-refractivity contribution in [2.75, 3.05) is 72.5 Å². The summed E-state index contributed by atoms with van der Waals surface area (Å²) in [5.41, 5.74) is 0. The summed E-state index contributed by atoms with van der Waals surface area (Å²) in [6, 6.07) is -2.81. The number of rotatable bonds is 58. The lowest BCUT2D eigenvalue weighted by Crippen LogP contribution is -2.43. The van der Waals surface area contributed by atoms with Crippen molar-refractivity contribution in [1.29, 1.82) is 0 Å². The van der Waals surface area contributed by atoms with Crippen LogP contribution in [0.4, 0.5) is 0 Å². The largest absolute Gasteiger partial charge is 0.481 e. The fourth-order valence-electron chi connectivity index (χ4n) is 8.37. The SMILES string of the molecule is CCNC(CCCCNC(=O)CC[C@H](CC(=O)CC[C@H](NC(=O)COCCOCCNC(=O)COCCOCCCC(=O)CC[C@H](NC(=O)CCCCCCCCCCCCCCCCC(=O)O)C(=O)O)C(=O)O)C(=O)O)C(C)=O. The molecule has 9 N–H and O–H groups in total. The fourth-order valence-corrected chi connectivity index (χ4v) is 8.37. The van der Waals surface area contributed by atoms with E-state index >= 15 is 0 Å². The Balaban J connectivity index is 3.98. The summed E-state index contributed by atoms with van der Waals surface area (Å²) < 4.78 is 21.3. The van der Waals surface area contributed by atoms with Crippen LogP contribution >= 0.6 is 0 Å². The van der Waals surface area contributed by atoms with E-state index in [1.807, 2.05) is 6.92 Å². The summed E-state index contributed by atoms with van der Waals surface area (Å²) in [4.78, 5) is 131. The highest BCUT2D eigenvalue weighted by atomic mass is 16.5. The van der Waals surface area contributed by atoms with Crippen LogP contribution < -0.4 is 26.6 Å². The third-order valence-electron chi connectivity index (χ3n) is 13.0. The molecule has 4 atom stereocenters. The molecule has 0 radical (unpaired) electrons. The van der Waals surface area contributed by atoms with Gasteiger partial charge in [-0.1, -0.05) is 84.0 Å². The molecule has 80 heavy (non-hydrogen) atoms. The molecule has 0 aromatic carbocycles. The minimum atomic E-state index is -1.43. The molecular formula is C56H97N5O19. The second kappa shape index (κ2) is 50.5. The van der Waals surface area contributed by atoms with Gasteiger partial charge in [-0.15, -0.1) is 0 Å². The zero-order valence-corrected chi connectivity index (χ0v) is 47.8. The van der Waals surface area contributed by atoms with Crippen molar-refractivity contribution in [1.82, 2.24) is 26.6 Å². The van der Waals surface area contributed by atoms with Crippen LogP contribution in [0.25, 0.3) is 0 Å². The second-order valence-corrected chi connectivity index (χ2v) is 20.0. The van der Waals surface area contributed by atoms with Crippen molar-refractivity contribution >= 4 is 64.9 Å². The van der Waals surface area contributed by atoms with Gasteiger partial charge >= 0.3 is 23.9 Å². The number of hydrogen-bond acceptors (Lipinski definition) is 16. The fraction of sp³-hybridized carbons (Fsp3) is 0.804. The smallest absolute Gasteiger partial charge is 0.326 e. The lowest BCUT2D eigenvalue weighted by molar-refractivity contribution is -0.145. The van der Waals surface area contributed by atoms with Gasteiger partial charge in [-0.25, -0.2) is 9.59 Å². The maximum absolute atomic E-state index is 12.6. The number of carbonyl (C=O) groups is 11. The molecule has 0 aliphatic heterocycles. The summed E-state index contributed by atoms with van der Waals surface area (Å²) in [5.74, 6) is -8.23. The molecule has 0 heterocycles. The van der Waals surface area contributed by atoms with Crippen molar-refractivity contribution in [2.24, 2.45) is 5.92 Å². The molecule has 0 aromatic rings. The average Bonchev–Trinajstić information content (AvgIpc) is 3.40. The topological polar surface area (TPSA) is 366 Å². The molecule has 0 bridgehead atoms. The Hall–Kier alpha value is -5.43. The molecule has 1 unspecified atom stereocenters. The highest BCUT2D eigenvalue weighted by molar-refractivity contribution is 5.87. The number of ketones is 3. The van der Waals surface area contributed by atoms with E-state index in [-0.39, 0.29) is 140 Å². The van der Waals surface area contributed by atoms with Crippen LogP contribution in [0.15, 0.2) is 0 Å². The van der Waals surface area contributed by atoms with Crippen molar-refractivity contribution in [3.63, 3.8) is 0 Å². The number of amides is 4. The number of hydrogen-bond donors (Lipinski definition) is 9. The van der Waals surface area contributed by atoms with Crippen LogP contribution in [0, 0.1) is 5.92 Å². The molecule has 0 aromatic heterocycles. The van der Waals surface area contributed by atoms with E-state index in [9.17, 15) is 68.1 Å². The van der Waals surface area contributed by atoms with Gasteiger partial charge in [0, 0.05) is 64.6 Å². The van der Waals surface area contributed by atoms with E-state index in [1.165, 1.54) is 39.0 Å². The van der Waals surface area contributed by atoms with Gasteiger partial charge < -0.3 is 66.0 Å². The second-order valence-electron chi connectivity index (χ2n) is 20.0. The Kier molecular flexibility index (Phi) is 47.1. The van der Waals surface area contributed by atoms with E-state index in [0.29, 0.717) is 45.2 Å². The number of carboxylic acids is 4. The van der Waals surface area contributed by atoms with Gasteiger partial charge in [0.05, 0.1) is 45.0 Å². The number of likely N-dealkylation sites (N-methyl/N-ethyl adjacent to an activating group) is 1. The predicted molar refractivity (Wildman–Crippen MR) is 295 cm³/mol. The highest BCUT2D eigenvalue weighted by Gasteiger charge is 2.26. The maximum Gasteiger partial charge on any atom is 0.326 e. The average molecular weight is 1140 g/mol. The lowest BCUT2D eigenvalue weighted by atomic mass is 9.94. The number of aliphatic carboxylic acids is 4. The molecule has 4 amide bonds. The Bertz CT molecular complexity index is 1800. The number of nitrogens with one attached hydrogen (secondary N) is 5. The van der Waals surface area contributed by atoms with Crippen molar-refractivity contribution in [2.45, 2.75) is 212 Å². The monoisotopic (exact) mass is 1140 g/mol. The molecule has 24 heteroatoms. The molecule has 0 spiro atoms. The summed E-state index contributed by atoms with van der Waals surface area (Å²) in [6.07, 6.45) is 16.7. The molecule has 0 aliphatic carbocycles. The summed E-state index contributed by atoms with van der Waals surface area (Å²) >= 11 is 0. The molecule has 0 fully saturated rings. The predicted octanol–water partition coefficient (Wildman–Crippen LogP) is 4.84. The molecule has 0 saturated heterocycles. The molecule has 0 saturated carbocycles. The van der Waals surface area contributed by atoms with E-state index in [2.05, 4.69) is 26.6 Å². The number of unbranched alkanes of at least 4 members (excludes halogenated alkanes) is 14. The van der Waals surface area contributed by atoms with Gasteiger partial charge in [0.1, 0.15) is 42.6 Å². The lowest BCUT2D eigenvalue weighted by Gasteiger charge is -2.16. The Morgan fingerprint density at radius 1 is 0.388 bits per heavy atom. The first-order chi connectivity index (χ1) is 38.4. The van der Waals surface area contributed by atoms with Crippen molar-refractivity contribution in [3.8, 4) is 0 Å². The number of Topliss-reactive ketones (excluding diaryl/α,β-unsaturated/α-hetero) is 3. The number of carboxylic acid groups (broad SMARTS) is 4. The van der Waals surface area contributed by atoms with Gasteiger partial charge in [-0.05, 0) is 71.3 Å². The Morgan fingerprint density at radius 3 is 1.40 bits per heavy atom. The van der Waals surface area contributed by atoms with Crippen LogP contribution in [0.3, 0.4) is 0 Å². The summed E-state index contributed by atoms with van der Waals surface area (Å²) in [7, 11) is 0. The van der Waals surface area contributed by atoms with E-state index in [4.69, 9.17) is 24.1 Å². The zero-order chi connectivity index (χ0) is 59.6. The first-order valence-corrected chi connectivity index (χ1v) is 29.0. The summed E-state index contributed by atoms with van der Waals surface area (Å²) in [5, 5.41) is 50.6. The molecule has 0 aliphatic rings. The molecule has 24 nitrogen and oxygen atoms in total. The molecule has 0 rings (SSSR count). The molecular weight excluding hydrogens is 1050 g/mol. The third kappa shape index (κ3) is 46.3. The quantitative estimate of drug-likeness (QED) is 0.0368. The number of carbonyl (C=O) groups excluding carboxylic acids is 7. The van der Waals surface area contributed by atoms with E-state index in [1.54, 1.807) is 0 Å². The zero-order valence-electron chi connectivity index (χ0n) is 47.8. The maximum atomic E-state index is 12.6. The number of ether oxygens (including phenoxy) is 4. The van der Waals surface area contributed by atoms with Crippen LogP contribution in [0.2, 0.25) is 0 Å². The standard InChI is InChI=1S/C56H97N5O19/c1-3-57-46(42(2)62)22-18-19-31-58-49(65)30-25-43(54(71)72)39-45(64)27-29-48(56(75)76)61-52(68)41-80-38-36-78-34-32-59-51(67)40-79-37-35-77-33-20-21-44(63)26-28-47(55(73)74)60-50(66)23-16-14-12-10-8-6-4-5-7-9-11-13-15-17-24-53(69)70/h43,46-48,57H,3-41H2,1-2H3,(H,58,65)(H,59,67)(H,60,66)(H,61,68)(H,69,70)(H,71,72)(H,73,74)(H,75,76)/t43-,46?,47+,48+/m1/s1. The minimum Gasteiger partial charge on any atom is -0.481 e. The van der Waals surface area contributed by atoms with Crippen LogP contribution in [-0.2, 0) is 71.7 Å². The Morgan fingerprint density at radius 2 is 0.875 bits per heavy atom. The van der Waals surface area contributed by atoms with Crippen LogP contribution in [0.5, 0.6) is 0 Å². The van der Waals surface area contributed by atoms with Gasteiger partial charge in [-0.2, -0.15) is 0 Å². The van der Waals surface area contributed by atoms with Crippen LogP contribution in [0.1, 0.15) is 194 Å². The summed E-state index contributed by atoms with van der Waals surface area (Å²) in [6.45, 7) is 4.57. The first-order valence-electron chi connectivity index (χ1n) is 29.0. The highest BCUT2D eigenvalue weighted by Crippen LogP contribution is 2.17.